The zero-order chi connectivity index (χ0) is 24.4. The number of methoxy groups -OCH3 is 1. The molecular weight excluding hydrogens is 438 g/mol. The maximum Gasteiger partial charge on any atom is 0.227 e. The van der Waals surface area contributed by atoms with Gasteiger partial charge in [-0.2, -0.15) is 0 Å². The number of hydrogen-bond acceptors (Lipinski definition) is 7. The molecule has 0 aliphatic heterocycles. The first-order valence-electron chi connectivity index (χ1n) is 10.7. The van der Waals surface area contributed by atoms with Gasteiger partial charge in [0.15, 0.2) is 17.3 Å². The standard InChI is InChI=1S/C25H25N3O6/c1-13-10-20(30)23(32)24(34-13)16(15-8-9-19(29)21(11-15)33-3)12-22(31)26-14(2)25-27-17-6-4-5-7-18(17)28-25/h4-11,14,16,29,32H,12H2,1-3H3,(H,26,31)(H,27,28)/t14-,16?/m0/s1. The summed E-state index contributed by atoms with van der Waals surface area (Å²) < 4.78 is 10.9. The molecule has 0 saturated heterocycles. The molecule has 0 spiro atoms. The number of nitrogens with zero attached hydrogens (tertiary/aromatic N) is 1. The number of phenols is 1. The van der Waals surface area contributed by atoms with Gasteiger partial charge in [0.05, 0.1) is 30.1 Å². The molecule has 9 nitrogen and oxygen atoms in total. The van der Waals surface area contributed by atoms with E-state index in [0.29, 0.717) is 17.1 Å². The molecule has 4 rings (SSSR count). The van der Waals surface area contributed by atoms with E-state index in [1.807, 2.05) is 24.3 Å². The van der Waals surface area contributed by atoms with E-state index in [-0.39, 0.29) is 29.6 Å². The number of aromatic amines is 1. The van der Waals surface area contributed by atoms with Crippen molar-refractivity contribution in [3.63, 3.8) is 0 Å². The van der Waals surface area contributed by atoms with E-state index in [2.05, 4.69) is 15.3 Å². The van der Waals surface area contributed by atoms with Gasteiger partial charge in [0.1, 0.15) is 11.6 Å². The average molecular weight is 463 g/mol. The summed E-state index contributed by atoms with van der Waals surface area (Å²) in [4.78, 5) is 33.0. The van der Waals surface area contributed by atoms with Gasteiger partial charge in [-0.25, -0.2) is 4.98 Å². The molecule has 1 amide bonds. The van der Waals surface area contributed by atoms with Gasteiger partial charge in [-0.05, 0) is 43.7 Å². The molecule has 0 saturated carbocycles. The Labute approximate surface area is 195 Å². The number of H-pyrrole nitrogens is 1. The molecule has 4 aromatic rings. The highest BCUT2D eigenvalue weighted by atomic mass is 16.5. The summed E-state index contributed by atoms with van der Waals surface area (Å²) in [6.07, 6.45) is -0.140. The molecular formula is C25H25N3O6. The van der Waals surface area contributed by atoms with E-state index in [1.165, 1.54) is 25.3 Å². The fourth-order valence-electron chi connectivity index (χ4n) is 3.87. The molecule has 0 aliphatic rings. The number of aryl methyl sites for hydroxylation is 1. The number of aromatic nitrogens is 2. The number of carbonyl (C=O) groups is 1. The number of phenolic OH excluding ortho intramolecular Hbond substituents is 1. The quantitative estimate of drug-likeness (QED) is 0.328. The van der Waals surface area contributed by atoms with Crippen molar-refractivity contribution in [1.29, 1.82) is 0 Å². The van der Waals surface area contributed by atoms with Crippen LogP contribution in [0.3, 0.4) is 0 Å². The lowest BCUT2D eigenvalue weighted by Gasteiger charge is -2.20. The molecule has 0 fully saturated rings. The number of hydrogen-bond donors (Lipinski definition) is 4. The first-order chi connectivity index (χ1) is 16.3. The number of fused-ring (bicyclic) bond motifs is 1. The molecule has 2 aromatic heterocycles. The molecule has 0 bridgehead atoms. The number of aromatic hydroxyl groups is 2. The van der Waals surface area contributed by atoms with Gasteiger partial charge >= 0.3 is 0 Å². The predicted octanol–water partition coefficient (Wildman–Crippen LogP) is 3.64. The second-order valence-corrected chi connectivity index (χ2v) is 8.05. The highest BCUT2D eigenvalue weighted by molar-refractivity contribution is 5.79. The first-order valence-corrected chi connectivity index (χ1v) is 10.7. The van der Waals surface area contributed by atoms with Crippen molar-refractivity contribution in [2.45, 2.75) is 32.2 Å². The van der Waals surface area contributed by atoms with Crippen LogP contribution in [-0.2, 0) is 4.79 Å². The van der Waals surface area contributed by atoms with Gasteiger partial charge in [0, 0.05) is 12.5 Å². The third-order valence-corrected chi connectivity index (χ3v) is 5.58. The second kappa shape index (κ2) is 9.30. The van der Waals surface area contributed by atoms with E-state index >= 15 is 0 Å². The van der Waals surface area contributed by atoms with Crippen LogP contribution in [0.4, 0.5) is 0 Å². The Morgan fingerprint density at radius 1 is 1.21 bits per heavy atom. The SMILES string of the molecule is COc1cc(C(CC(=O)N[C@@H](C)c2nc3ccccc3[nH]2)c2oc(C)cc(=O)c2O)ccc1O. The maximum absolute atomic E-state index is 13.1. The van der Waals surface area contributed by atoms with Crippen molar-refractivity contribution < 1.29 is 24.2 Å². The Morgan fingerprint density at radius 2 is 1.97 bits per heavy atom. The van der Waals surface area contributed by atoms with E-state index in [1.54, 1.807) is 19.9 Å². The number of benzene rings is 2. The van der Waals surface area contributed by atoms with Crippen LogP contribution < -0.4 is 15.5 Å². The van der Waals surface area contributed by atoms with E-state index < -0.39 is 23.1 Å². The molecule has 1 unspecified atom stereocenters. The number of amides is 1. The van der Waals surface area contributed by atoms with E-state index in [4.69, 9.17) is 9.15 Å². The third kappa shape index (κ3) is 4.59. The van der Waals surface area contributed by atoms with Crippen molar-refractivity contribution in [3.05, 3.63) is 81.7 Å². The maximum atomic E-state index is 13.1. The van der Waals surface area contributed by atoms with Crippen LogP contribution in [0.1, 0.15) is 48.2 Å². The number of carbonyl (C=O) groups excluding carboxylic acids is 1. The van der Waals surface area contributed by atoms with Crippen LogP contribution in [0.15, 0.2) is 57.7 Å². The first kappa shape index (κ1) is 22.9. The summed E-state index contributed by atoms with van der Waals surface area (Å²) in [6, 6.07) is 12.8. The average Bonchev–Trinajstić information content (AvgIpc) is 3.25. The van der Waals surface area contributed by atoms with E-state index in [9.17, 15) is 19.8 Å². The summed E-state index contributed by atoms with van der Waals surface area (Å²) in [6.45, 7) is 3.39. The summed E-state index contributed by atoms with van der Waals surface area (Å²) in [7, 11) is 1.40. The molecule has 2 atom stereocenters. The minimum Gasteiger partial charge on any atom is -0.504 e. The number of nitrogens with one attached hydrogen (secondary N) is 2. The summed E-state index contributed by atoms with van der Waals surface area (Å²) in [5, 5.41) is 23.3. The molecule has 2 aromatic carbocycles. The number of para-hydroxylation sites is 2. The summed E-state index contributed by atoms with van der Waals surface area (Å²) in [5.41, 5.74) is 1.56. The van der Waals surface area contributed by atoms with Crippen molar-refractivity contribution >= 4 is 16.9 Å². The Bertz CT molecular complexity index is 1370. The zero-order valence-corrected chi connectivity index (χ0v) is 19.0. The Morgan fingerprint density at radius 3 is 2.71 bits per heavy atom. The lowest BCUT2D eigenvalue weighted by Crippen LogP contribution is -2.29. The topological polar surface area (TPSA) is 138 Å². The molecule has 34 heavy (non-hydrogen) atoms. The molecule has 0 aliphatic carbocycles. The van der Waals surface area contributed by atoms with Gasteiger partial charge in [0.2, 0.25) is 17.1 Å². The predicted molar refractivity (Wildman–Crippen MR) is 125 cm³/mol. The van der Waals surface area contributed by atoms with Gasteiger partial charge < -0.3 is 29.7 Å². The molecule has 0 radical (unpaired) electrons. The molecule has 9 heteroatoms. The van der Waals surface area contributed by atoms with Crippen molar-refractivity contribution in [3.8, 4) is 17.2 Å². The third-order valence-electron chi connectivity index (χ3n) is 5.58. The van der Waals surface area contributed by atoms with Crippen molar-refractivity contribution in [1.82, 2.24) is 15.3 Å². The highest BCUT2D eigenvalue weighted by Crippen LogP contribution is 2.37. The van der Waals surface area contributed by atoms with Crippen molar-refractivity contribution in [2.24, 2.45) is 0 Å². The lowest BCUT2D eigenvalue weighted by molar-refractivity contribution is -0.122. The smallest absolute Gasteiger partial charge is 0.227 e. The molecule has 176 valence electrons. The van der Waals surface area contributed by atoms with Gasteiger partial charge in [0.25, 0.3) is 0 Å². The fourth-order valence-corrected chi connectivity index (χ4v) is 3.87. The highest BCUT2D eigenvalue weighted by Gasteiger charge is 2.27. The molecule has 4 N–H and O–H groups in total. The Hall–Kier alpha value is -4.27. The number of rotatable bonds is 7. The Balaban J connectivity index is 1.65. The Kier molecular flexibility index (Phi) is 6.27. The van der Waals surface area contributed by atoms with Crippen LogP contribution in [0.25, 0.3) is 11.0 Å². The van der Waals surface area contributed by atoms with Gasteiger partial charge in [-0.3, -0.25) is 9.59 Å². The number of imidazole rings is 1. The van der Waals surface area contributed by atoms with Crippen LogP contribution >= 0.6 is 0 Å². The lowest BCUT2D eigenvalue weighted by atomic mass is 9.91. The fraction of sp³-hybridized carbons (Fsp3) is 0.240. The second-order valence-electron chi connectivity index (χ2n) is 8.05. The normalized spacial score (nSPS) is 12.9. The van der Waals surface area contributed by atoms with Crippen LogP contribution in [-0.4, -0.2) is 33.2 Å². The van der Waals surface area contributed by atoms with Crippen LogP contribution in [0.5, 0.6) is 17.2 Å². The largest absolute Gasteiger partial charge is 0.504 e. The van der Waals surface area contributed by atoms with Crippen molar-refractivity contribution in [2.75, 3.05) is 7.11 Å². The number of ether oxygens (including phenoxy) is 1. The molecule has 2 heterocycles. The summed E-state index contributed by atoms with van der Waals surface area (Å²) in [5.74, 6) is -0.772. The summed E-state index contributed by atoms with van der Waals surface area (Å²) >= 11 is 0. The minimum absolute atomic E-state index is 0.0377. The zero-order valence-electron chi connectivity index (χ0n) is 19.0. The minimum atomic E-state index is -0.815. The van der Waals surface area contributed by atoms with Crippen LogP contribution in [0, 0.1) is 6.92 Å². The van der Waals surface area contributed by atoms with Gasteiger partial charge in [-0.1, -0.05) is 18.2 Å². The van der Waals surface area contributed by atoms with Crippen LogP contribution in [0.2, 0.25) is 0 Å². The van der Waals surface area contributed by atoms with E-state index in [0.717, 1.165) is 11.0 Å². The van der Waals surface area contributed by atoms with Gasteiger partial charge in [-0.15, -0.1) is 0 Å². The monoisotopic (exact) mass is 463 g/mol.